The summed E-state index contributed by atoms with van der Waals surface area (Å²) < 4.78 is 7.45. The minimum Gasteiger partial charge on any atom is -0.376 e. The van der Waals surface area contributed by atoms with Gasteiger partial charge in [-0.25, -0.2) is 0 Å². The van der Waals surface area contributed by atoms with Crippen molar-refractivity contribution in [2.75, 3.05) is 18.9 Å². The van der Waals surface area contributed by atoms with Crippen molar-refractivity contribution in [1.29, 1.82) is 0 Å². The third-order valence-electron chi connectivity index (χ3n) is 3.85. The summed E-state index contributed by atoms with van der Waals surface area (Å²) in [4.78, 5) is 16.1. The summed E-state index contributed by atoms with van der Waals surface area (Å²) in [7, 11) is 0. The molecular weight excluding hydrogens is 338 g/mol. The minimum atomic E-state index is -0.0286. The molecule has 1 atom stereocenters. The predicted molar refractivity (Wildman–Crippen MR) is 96.2 cm³/mol. The van der Waals surface area contributed by atoms with Crippen LogP contribution in [0.2, 0.25) is 0 Å². The van der Waals surface area contributed by atoms with Crippen LogP contribution in [0, 0.1) is 0 Å². The standard InChI is InChI=1S/C17H21N5O2S/c1-2-9-22-16(13-5-7-18-8-6-13)20-21-17(22)25-12-15(23)19-11-14-4-3-10-24-14/h2,5-8,14H,1,3-4,9-12H2,(H,19,23)/t14-/m1/s1. The smallest absolute Gasteiger partial charge is 0.230 e. The molecule has 25 heavy (non-hydrogen) atoms. The SMILES string of the molecule is C=CCn1c(SCC(=O)NC[C@H]2CCCO2)nnc1-c1ccncc1. The largest absolute Gasteiger partial charge is 0.376 e. The fourth-order valence-corrected chi connectivity index (χ4v) is 3.40. The van der Waals surface area contributed by atoms with E-state index in [-0.39, 0.29) is 12.0 Å². The molecule has 1 aliphatic heterocycles. The van der Waals surface area contributed by atoms with Gasteiger partial charge in [-0.3, -0.25) is 14.3 Å². The van der Waals surface area contributed by atoms with Gasteiger partial charge in [0, 0.05) is 37.7 Å². The molecule has 1 N–H and O–H groups in total. The molecule has 3 rings (SSSR count). The lowest BCUT2D eigenvalue weighted by Crippen LogP contribution is -2.32. The molecule has 0 radical (unpaired) electrons. The first-order chi connectivity index (χ1) is 12.3. The molecule has 1 aliphatic rings. The zero-order chi connectivity index (χ0) is 17.5. The molecule has 8 heteroatoms. The first-order valence-electron chi connectivity index (χ1n) is 8.23. The van der Waals surface area contributed by atoms with Gasteiger partial charge in [-0.2, -0.15) is 0 Å². The Morgan fingerprint density at radius 3 is 3.00 bits per heavy atom. The van der Waals surface area contributed by atoms with Crippen molar-refractivity contribution in [1.82, 2.24) is 25.1 Å². The Balaban J connectivity index is 1.60. The lowest BCUT2D eigenvalue weighted by Gasteiger charge is -2.11. The second-order valence-electron chi connectivity index (χ2n) is 5.67. The summed E-state index contributed by atoms with van der Waals surface area (Å²) in [5.74, 6) is 1.00. The van der Waals surface area contributed by atoms with Crippen LogP contribution < -0.4 is 5.32 Å². The maximum absolute atomic E-state index is 12.0. The van der Waals surface area contributed by atoms with Crippen LogP contribution in [0.25, 0.3) is 11.4 Å². The monoisotopic (exact) mass is 359 g/mol. The second-order valence-corrected chi connectivity index (χ2v) is 6.61. The van der Waals surface area contributed by atoms with Gasteiger partial charge < -0.3 is 10.1 Å². The number of rotatable bonds is 8. The second kappa shape index (κ2) is 8.77. The maximum atomic E-state index is 12.0. The molecule has 0 aromatic carbocycles. The van der Waals surface area contributed by atoms with E-state index in [0.717, 1.165) is 30.8 Å². The number of hydrogen-bond acceptors (Lipinski definition) is 6. The molecule has 0 spiro atoms. The van der Waals surface area contributed by atoms with Crippen molar-refractivity contribution in [3.05, 3.63) is 37.2 Å². The minimum absolute atomic E-state index is 0.0286. The fraction of sp³-hybridized carbons (Fsp3) is 0.412. The number of aromatic nitrogens is 4. The van der Waals surface area contributed by atoms with Gasteiger partial charge >= 0.3 is 0 Å². The summed E-state index contributed by atoms with van der Waals surface area (Å²) in [6.45, 7) is 5.72. The van der Waals surface area contributed by atoms with Crippen molar-refractivity contribution in [3.8, 4) is 11.4 Å². The molecule has 0 saturated carbocycles. The van der Waals surface area contributed by atoms with Gasteiger partial charge in [0.25, 0.3) is 0 Å². The van der Waals surface area contributed by atoms with Gasteiger partial charge in [0.05, 0.1) is 11.9 Å². The zero-order valence-corrected chi connectivity index (χ0v) is 14.7. The summed E-state index contributed by atoms with van der Waals surface area (Å²) in [5, 5.41) is 12.1. The van der Waals surface area contributed by atoms with E-state index >= 15 is 0 Å². The Hall–Kier alpha value is -2.19. The van der Waals surface area contributed by atoms with Gasteiger partial charge in [0.1, 0.15) is 0 Å². The third kappa shape index (κ3) is 4.67. The highest BCUT2D eigenvalue weighted by molar-refractivity contribution is 7.99. The van der Waals surface area contributed by atoms with Crippen LogP contribution >= 0.6 is 11.8 Å². The van der Waals surface area contributed by atoms with Gasteiger partial charge in [0.15, 0.2) is 11.0 Å². The summed E-state index contributed by atoms with van der Waals surface area (Å²) >= 11 is 1.37. The van der Waals surface area contributed by atoms with Crippen molar-refractivity contribution in [2.24, 2.45) is 0 Å². The van der Waals surface area contributed by atoms with E-state index < -0.39 is 0 Å². The molecule has 1 amide bonds. The van der Waals surface area contributed by atoms with Crippen LogP contribution in [0.3, 0.4) is 0 Å². The number of pyridine rings is 1. The zero-order valence-electron chi connectivity index (χ0n) is 13.9. The van der Waals surface area contributed by atoms with Gasteiger partial charge in [-0.15, -0.1) is 16.8 Å². The Kier molecular flexibility index (Phi) is 6.19. The Bertz CT molecular complexity index is 713. The number of ether oxygens (including phenoxy) is 1. The molecule has 132 valence electrons. The highest BCUT2D eigenvalue weighted by Gasteiger charge is 2.17. The molecule has 1 saturated heterocycles. The van der Waals surface area contributed by atoms with E-state index in [1.807, 2.05) is 16.7 Å². The van der Waals surface area contributed by atoms with Crippen molar-refractivity contribution in [3.63, 3.8) is 0 Å². The number of allylic oxidation sites excluding steroid dienone is 1. The van der Waals surface area contributed by atoms with E-state index in [0.29, 0.717) is 24.0 Å². The summed E-state index contributed by atoms with van der Waals surface area (Å²) in [6, 6.07) is 3.76. The summed E-state index contributed by atoms with van der Waals surface area (Å²) in [6.07, 6.45) is 7.45. The van der Waals surface area contributed by atoms with Crippen LogP contribution in [-0.4, -0.2) is 50.7 Å². The highest BCUT2D eigenvalue weighted by atomic mass is 32.2. The fourth-order valence-electron chi connectivity index (χ4n) is 2.62. The van der Waals surface area contributed by atoms with E-state index in [9.17, 15) is 4.79 Å². The Morgan fingerprint density at radius 1 is 1.44 bits per heavy atom. The Labute approximate surface area is 150 Å². The number of carbonyl (C=O) groups excluding carboxylic acids is 1. The molecule has 2 aromatic rings. The molecule has 3 heterocycles. The molecule has 1 fully saturated rings. The lowest BCUT2D eigenvalue weighted by molar-refractivity contribution is -0.119. The predicted octanol–water partition coefficient (Wildman–Crippen LogP) is 1.91. The number of nitrogens with one attached hydrogen (secondary N) is 1. The lowest BCUT2D eigenvalue weighted by atomic mass is 10.2. The van der Waals surface area contributed by atoms with Gasteiger partial charge in [-0.1, -0.05) is 17.8 Å². The molecule has 7 nitrogen and oxygen atoms in total. The molecule has 0 unspecified atom stereocenters. The number of nitrogens with zero attached hydrogens (tertiary/aromatic N) is 4. The van der Waals surface area contributed by atoms with Gasteiger partial charge in [0.2, 0.25) is 5.91 Å². The third-order valence-corrected chi connectivity index (χ3v) is 4.82. The van der Waals surface area contributed by atoms with Crippen molar-refractivity contribution < 1.29 is 9.53 Å². The quantitative estimate of drug-likeness (QED) is 0.573. The van der Waals surface area contributed by atoms with Crippen LogP contribution in [0.1, 0.15) is 12.8 Å². The number of amides is 1. The highest BCUT2D eigenvalue weighted by Crippen LogP contribution is 2.23. The number of carbonyl (C=O) groups is 1. The van der Waals surface area contributed by atoms with Crippen LogP contribution in [0.5, 0.6) is 0 Å². The van der Waals surface area contributed by atoms with Crippen molar-refractivity contribution >= 4 is 17.7 Å². The average Bonchev–Trinajstić information content (AvgIpc) is 3.29. The van der Waals surface area contributed by atoms with E-state index in [1.165, 1.54) is 11.8 Å². The number of thioether (sulfide) groups is 1. The van der Waals surface area contributed by atoms with Crippen LogP contribution in [0.15, 0.2) is 42.3 Å². The molecule has 0 aliphatic carbocycles. The van der Waals surface area contributed by atoms with E-state index in [2.05, 4.69) is 27.1 Å². The average molecular weight is 359 g/mol. The van der Waals surface area contributed by atoms with Gasteiger partial charge in [-0.05, 0) is 25.0 Å². The normalized spacial score (nSPS) is 16.7. The first-order valence-corrected chi connectivity index (χ1v) is 9.22. The van der Waals surface area contributed by atoms with Crippen LogP contribution in [0.4, 0.5) is 0 Å². The molecular formula is C17H21N5O2S. The maximum Gasteiger partial charge on any atom is 0.230 e. The van der Waals surface area contributed by atoms with Crippen molar-refractivity contribution in [2.45, 2.75) is 30.6 Å². The van der Waals surface area contributed by atoms with E-state index in [4.69, 9.17) is 4.74 Å². The van der Waals surface area contributed by atoms with E-state index in [1.54, 1.807) is 18.5 Å². The van der Waals surface area contributed by atoms with Crippen LogP contribution in [-0.2, 0) is 16.1 Å². The summed E-state index contributed by atoms with van der Waals surface area (Å²) in [5.41, 5.74) is 0.930. The topological polar surface area (TPSA) is 81.9 Å². The first kappa shape index (κ1) is 17.6. The Morgan fingerprint density at radius 2 is 2.28 bits per heavy atom. The number of hydrogen-bond donors (Lipinski definition) is 1. The molecule has 0 bridgehead atoms. The molecule has 2 aromatic heterocycles.